The Morgan fingerprint density at radius 2 is 1.83 bits per heavy atom. The number of esters is 1. The molecule has 0 N–H and O–H groups in total. The van der Waals surface area contributed by atoms with E-state index in [1.165, 1.54) is 34.2 Å². The molecule has 1 saturated heterocycles. The van der Waals surface area contributed by atoms with Crippen LogP contribution in [0.15, 0.2) is 21.9 Å². The van der Waals surface area contributed by atoms with Gasteiger partial charge in [0, 0.05) is 37.0 Å². The van der Waals surface area contributed by atoms with E-state index >= 15 is 0 Å². The van der Waals surface area contributed by atoms with Crippen LogP contribution in [0.5, 0.6) is 0 Å². The summed E-state index contributed by atoms with van der Waals surface area (Å²) in [4.78, 5) is 30.9. The van der Waals surface area contributed by atoms with Gasteiger partial charge >= 0.3 is 5.97 Å². The summed E-state index contributed by atoms with van der Waals surface area (Å²) in [7, 11) is -2.47. The van der Waals surface area contributed by atoms with Crippen molar-refractivity contribution < 1.29 is 22.7 Å². The lowest BCUT2D eigenvalue weighted by molar-refractivity contribution is 0.0600. The van der Waals surface area contributed by atoms with Crippen molar-refractivity contribution in [3.8, 4) is 0 Å². The van der Waals surface area contributed by atoms with Gasteiger partial charge in [0.15, 0.2) is 0 Å². The predicted octanol–water partition coefficient (Wildman–Crippen LogP) is 2.44. The summed E-state index contributed by atoms with van der Waals surface area (Å²) in [5.41, 5.74) is 0.0875. The molecule has 0 atom stereocenters. The molecule has 0 aliphatic carbocycles. The van der Waals surface area contributed by atoms with Crippen LogP contribution in [0.4, 0.5) is 0 Å². The van der Waals surface area contributed by atoms with E-state index in [-0.39, 0.29) is 34.2 Å². The Labute approximate surface area is 178 Å². The standard InChI is InChI=1S/C18H23N3O5S3/c1-18(2,3)17-19-10-13(28-17)15(22)20-5-7-21(8-6-20)29(24,25)14-9-12(11-27-14)16(23)26-4/h9-11H,5-8H2,1-4H3. The third-order valence-corrected chi connectivity index (χ3v) is 9.20. The number of ether oxygens (including phenoxy) is 1. The number of aromatic nitrogens is 1. The van der Waals surface area contributed by atoms with Crippen molar-refractivity contribution in [2.45, 2.75) is 30.4 Å². The average molecular weight is 458 g/mol. The van der Waals surface area contributed by atoms with Crippen LogP contribution in [0.2, 0.25) is 0 Å². The number of sulfonamides is 1. The smallest absolute Gasteiger partial charge is 0.338 e. The van der Waals surface area contributed by atoms with E-state index in [1.54, 1.807) is 11.1 Å². The summed E-state index contributed by atoms with van der Waals surface area (Å²) in [6.45, 7) is 7.13. The Kier molecular flexibility index (Phi) is 6.13. The molecule has 0 bridgehead atoms. The predicted molar refractivity (Wildman–Crippen MR) is 111 cm³/mol. The van der Waals surface area contributed by atoms with Crippen LogP contribution in [0.1, 0.15) is 45.8 Å². The largest absolute Gasteiger partial charge is 0.465 e. The van der Waals surface area contributed by atoms with Gasteiger partial charge in [-0.25, -0.2) is 18.2 Å². The zero-order valence-corrected chi connectivity index (χ0v) is 19.1. The Bertz CT molecular complexity index is 1010. The molecule has 0 unspecified atom stereocenters. The first kappa shape index (κ1) is 21.9. The van der Waals surface area contributed by atoms with E-state index in [2.05, 4.69) is 9.72 Å². The molecule has 1 amide bonds. The number of thiophene rings is 1. The lowest BCUT2D eigenvalue weighted by Crippen LogP contribution is -2.50. The van der Waals surface area contributed by atoms with Crippen molar-refractivity contribution in [1.29, 1.82) is 0 Å². The quantitative estimate of drug-likeness (QED) is 0.654. The molecule has 1 aliphatic rings. The number of thiazole rings is 1. The molecule has 2 aromatic heterocycles. The highest BCUT2D eigenvalue weighted by Gasteiger charge is 2.32. The van der Waals surface area contributed by atoms with Crippen molar-refractivity contribution >= 4 is 44.6 Å². The van der Waals surface area contributed by atoms with Crippen molar-refractivity contribution in [2.24, 2.45) is 0 Å². The summed E-state index contributed by atoms with van der Waals surface area (Å²) in [6, 6.07) is 1.33. The van der Waals surface area contributed by atoms with E-state index in [0.29, 0.717) is 18.0 Å². The van der Waals surface area contributed by atoms with Gasteiger partial charge in [0.05, 0.1) is 23.9 Å². The lowest BCUT2D eigenvalue weighted by atomic mass is 9.98. The molecule has 1 fully saturated rings. The van der Waals surface area contributed by atoms with Crippen LogP contribution < -0.4 is 0 Å². The van der Waals surface area contributed by atoms with Crippen LogP contribution in [-0.2, 0) is 20.2 Å². The summed E-state index contributed by atoms with van der Waals surface area (Å²) < 4.78 is 31.7. The number of methoxy groups -OCH3 is 1. The Morgan fingerprint density at radius 1 is 1.17 bits per heavy atom. The van der Waals surface area contributed by atoms with Crippen LogP contribution in [0.3, 0.4) is 0 Å². The summed E-state index contributed by atoms with van der Waals surface area (Å²) in [6.07, 6.45) is 1.59. The second-order valence-electron chi connectivity index (χ2n) is 7.62. The molecule has 0 saturated carbocycles. The maximum absolute atomic E-state index is 12.8. The van der Waals surface area contributed by atoms with Gasteiger partial charge in [0.25, 0.3) is 15.9 Å². The zero-order chi connectivity index (χ0) is 21.4. The molecule has 0 spiro atoms. The van der Waals surface area contributed by atoms with E-state index in [4.69, 9.17) is 0 Å². The molecule has 8 nitrogen and oxygen atoms in total. The van der Waals surface area contributed by atoms with Gasteiger partial charge in [0.2, 0.25) is 0 Å². The van der Waals surface area contributed by atoms with Gasteiger partial charge in [0.1, 0.15) is 9.09 Å². The number of nitrogens with zero attached hydrogens (tertiary/aromatic N) is 3. The fourth-order valence-corrected chi connectivity index (χ4v) is 6.48. The molecule has 3 rings (SSSR count). The first-order valence-corrected chi connectivity index (χ1v) is 12.1. The van der Waals surface area contributed by atoms with Gasteiger partial charge in [-0.05, 0) is 6.07 Å². The topological polar surface area (TPSA) is 96.9 Å². The third kappa shape index (κ3) is 4.52. The second kappa shape index (κ2) is 8.13. The van der Waals surface area contributed by atoms with Gasteiger partial charge in [-0.15, -0.1) is 22.7 Å². The fourth-order valence-electron chi connectivity index (χ4n) is 2.81. The van der Waals surface area contributed by atoms with E-state index in [9.17, 15) is 18.0 Å². The molecule has 29 heavy (non-hydrogen) atoms. The Morgan fingerprint density at radius 3 is 2.38 bits per heavy atom. The number of carbonyl (C=O) groups excluding carboxylic acids is 2. The SMILES string of the molecule is COC(=O)c1csc(S(=O)(=O)N2CCN(C(=O)c3cnc(C(C)(C)C)s3)CC2)c1. The Hall–Kier alpha value is -1.82. The molecule has 158 valence electrons. The van der Waals surface area contributed by atoms with E-state index in [0.717, 1.165) is 16.3 Å². The van der Waals surface area contributed by atoms with Crippen LogP contribution in [0.25, 0.3) is 0 Å². The first-order chi connectivity index (χ1) is 13.5. The number of carbonyl (C=O) groups is 2. The second-order valence-corrected chi connectivity index (χ2v) is 11.7. The number of hydrogen-bond acceptors (Lipinski definition) is 8. The van der Waals surface area contributed by atoms with Gasteiger partial charge in [-0.2, -0.15) is 4.31 Å². The highest BCUT2D eigenvalue weighted by atomic mass is 32.2. The number of amides is 1. The summed E-state index contributed by atoms with van der Waals surface area (Å²) >= 11 is 2.36. The van der Waals surface area contributed by atoms with Crippen molar-refractivity contribution in [1.82, 2.24) is 14.2 Å². The van der Waals surface area contributed by atoms with Gasteiger partial charge in [-0.3, -0.25) is 4.79 Å². The lowest BCUT2D eigenvalue weighted by Gasteiger charge is -2.33. The molecule has 1 aliphatic heterocycles. The monoisotopic (exact) mass is 457 g/mol. The molecule has 0 aromatic carbocycles. The van der Waals surface area contributed by atoms with E-state index < -0.39 is 16.0 Å². The zero-order valence-electron chi connectivity index (χ0n) is 16.7. The average Bonchev–Trinajstić information content (AvgIpc) is 3.36. The van der Waals surface area contributed by atoms with Gasteiger partial charge in [-0.1, -0.05) is 20.8 Å². The highest BCUT2D eigenvalue weighted by molar-refractivity contribution is 7.91. The minimum Gasteiger partial charge on any atom is -0.465 e. The summed E-state index contributed by atoms with van der Waals surface area (Å²) in [5.74, 6) is -0.698. The highest BCUT2D eigenvalue weighted by Crippen LogP contribution is 2.28. The molecular weight excluding hydrogens is 434 g/mol. The van der Waals surface area contributed by atoms with E-state index in [1.807, 2.05) is 20.8 Å². The first-order valence-electron chi connectivity index (χ1n) is 8.96. The number of hydrogen-bond donors (Lipinski definition) is 0. The third-order valence-electron chi connectivity index (χ3n) is 4.47. The molecule has 0 radical (unpaired) electrons. The van der Waals surface area contributed by atoms with Gasteiger partial charge < -0.3 is 9.64 Å². The minimum atomic E-state index is -3.72. The van der Waals surface area contributed by atoms with Crippen LogP contribution >= 0.6 is 22.7 Å². The minimum absolute atomic E-state index is 0.0925. The Balaban J connectivity index is 1.66. The molecule has 11 heteroatoms. The fraction of sp³-hybridized carbons (Fsp3) is 0.500. The van der Waals surface area contributed by atoms with Crippen molar-refractivity contribution in [2.75, 3.05) is 33.3 Å². The maximum Gasteiger partial charge on any atom is 0.338 e. The van der Waals surface area contributed by atoms with Crippen LogP contribution in [-0.4, -0.2) is 67.8 Å². The number of piperazine rings is 1. The normalized spacial score (nSPS) is 16.1. The molecular formula is C18H23N3O5S3. The van der Waals surface area contributed by atoms with Crippen molar-refractivity contribution in [3.63, 3.8) is 0 Å². The van der Waals surface area contributed by atoms with Crippen LogP contribution in [0, 0.1) is 0 Å². The maximum atomic E-state index is 12.8. The van der Waals surface area contributed by atoms with Crippen molar-refractivity contribution in [3.05, 3.63) is 33.1 Å². The summed E-state index contributed by atoms with van der Waals surface area (Å²) in [5, 5.41) is 2.36. The number of rotatable bonds is 4. The molecule has 2 aromatic rings. The molecule has 3 heterocycles.